The number of hydrogen-bond acceptors (Lipinski definition) is 8. The average molecular weight is 670 g/mol. The summed E-state index contributed by atoms with van der Waals surface area (Å²) in [5, 5.41) is 24.8. The standard InChI is InChI=1S/C30H38F3N5O7S/c1-19-14-22(18-24(15-19)45-30(31,32)33)26-35-27(41)29(36-26)5-8-37(9-6-29)46(43,44)13-4-25-20(2)16-23(17-21(25)3)38(10-12-40)28(42)34-7-11-39/h4,13,15-19,39-40H,5-12,14H2,1-3H3,(H,34,42)(H,35,36,41)/b13-4+. The molecule has 0 bridgehead atoms. The molecule has 16 heteroatoms. The Kier molecular flexibility index (Phi) is 10.7. The van der Waals surface area contributed by atoms with Crippen LogP contribution in [0.3, 0.4) is 0 Å². The van der Waals surface area contributed by atoms with E-state index < -0.39 is 33.9 Å². The van der Waals surface area contributed by atoms with E-state index in [0.29, 0.717) is 34.4 Å². The van der Waals surface area contributed by atoms with Gasteiger partial charge in [0.25, 0.3) is 5.91 Å². The van der Waals surface area contributed by atoms with Crippen molar-refractivity contribution < 1.29 is 46.1 Å². The molecule has 0 aromatic heterocycles. The molecule has 1 fully saturated rings. The molecule has 0 radical (unpaired) electrons. The third kappa shape index (κ3) is 8.15. The van der Waals surface area contributed by atoms with E-state index in [4.69, 9.17) is 5.11 Å². The van der Waals surface area contributed by atoms with Crippen molar-refractivity contribution in [2.24, 2.45) is 10.9 Å². The van der Waals surface area contributed by atoms with Crippen molar-refractivity contribution >= 4 is 39.6 Å². The highest BCUT2D eigenvalue weighted by Gasteiger charge is 2.48. The minimum Gasteiger partial charge on any atom is -0.406 e. The van der Waals surface area contributed by atoms with Gasteiger partial charge in [0, 0.05) is 30.7 Å². The van der Waals surface area contributed by atoms with Crippen LogP contribution < -0.4 is 15.5 Å². The Hall–Kier alpha value is -3.73. The number of allylic oxidation sites excluding steroid dienone is 2. The lowest BCUT2D eigenvalue weighted by Crippen LogP contribution is -2.50. The maximum Gasteiger partial charge on any atom is 0.573 e. The molecule has 4 N–H and O–H groups in total. The fourth-order valence-electron chi connectivity index (χ4n) is 5.76. The predicted octanol–water partition coefficient (Wildman–Crippen LogP) is 2.85. The molecule has 1 spiro atoms. The fourth-order valence-corrected chi connectivity index (χ4v) is 6.93. The average Bonchev–Trinajstić information content (AvgIpc) is 3.28. The SMILES string of the molecule is Cc1cc(N(CCO)C(=O)NCCO)cc(C)c1/C=C/S(=O)(=O)N1CCC2(CC1)N=C(C1=CC(OC(F)(F)F)=CC(C)C1)NC2=O. The van der Waals surface area contributed by atoms with Gasteiger partial charge in [0.05, 0.1) is 19.8 Å². The maximum absolute atomic E-state index is 13.3. The number of carbonyl (C=O) groups excluding carboxylic acids is 2. The van der Waals surface area contributed by atoms with Gasteiger partial charge in [-0.1, -0.05) is 6.92 Å². The number of benzene rings is 1. The zero-order valence-corrected chi connectivity index (χ0v) is 26.5. The molecule has 1 aliphatic carbocycles. The molecule has 3 amide bonds. The van der Waals surface area contributed by atoms with Crippen LogP contribution in [0.5, 0.6) is 0 Å². The number of piperidine rings is 1. The Labute approximate surface area is 265 Å². The van der Waals surface area contributed by atoms with Crippen molar-refractivity contribution in [1.29, 1.82) is 0 Å². The second-order valence-corrected chi connectivity index (χ2v) is 13.3. The molecule has 4 rings (SSSR count). The number of carbonyl (C=O) groups is 2. The number of urea groups is 1. The largest absolute Gasteiger partial charge is 0.573 e. The van der Waals surface area contributed by atoms with Crippen LogP contribution >= 0.6 is 0 Å². The lowest BCUT2D eigenvalue weighted by atomic mass is 9.89. The first kappa shape index (κ1) is 35.1. The van der Waals surface area contributed by atoms with Crippen molar-refractivity contribution in [1.82, 2.24) is 14.9 Å². The van der Waals surface area contributed by atoms with Crippen molar-refractivity contribution in [2.75, 3.05) is 44.3 Å². The predicted molar refractivity (Wildman–Crippen MR) is 165 cm³/mol. The third-order valence-electron chi connectivity index (χ3n) is 7.99. The van der Waals surface area contributed by atoms with Crippen molar-refractivity contribution in [3.05, 3.63) is 57.7 Å². The summed E-state index contributed by atoms with van der Waals surface area (Å²) in [6.07, 6.45) is -0.300. The number of aliphatic hydroxyl groups is 2. The Morgan fingerprint density at radius 1 is 1.22 bits per heavy atom. The summed E-state index contributed by atoms with van der Waals surface area (Å²) in [5.41, 5.74) is 1.67. The van der Waals surface area contributed by atoms with Crippen molar-refractivity contribution in [3.63, 3.8) is 0 Å². The quantitative estimate of drug-likeness (QED) is 0.298. The van der Waals surface area contributed by atoms with Gasteiger partial charge in [-0.05, 0) is 91.7 Å². The molecule has 1 unspecified atom stereocenters. The Bertz CT molecular complexity index is 1560. The molecule has 252 valence electrons. The number of rotatable bonds is 10. The number of hydrogen-bond donors (Lipinski definition) is 4. The normalized spacial score (nSPS) is 20.3. The first-order valence-electron chi connectivity index (χ1n) is 14.7. The van der Waals surface area contributed by atoms with Crippen LogP contribution in [0.4, 0.5) is 23.7 Å². The van der Waals surface area contributed by atoms with Crippen LogP contribution in [-0.4, -0.2) is 92.0 Å². The summed E-state index contributed by atoms with van der Waals surface area (Å²) < 4.78 is 70.3. The van der Waals surface area contributed by atoms with Gasteiger partial charge in [0.2, 0.25) is 10.0 Å². The molecule has 2 heterocycles. The summed E-state index contributed by atoms with van der Waals surface area (Å²) >= 11 is 0. The molecule has 3 aliphatic rings. The third-order valence-corrected chi connectivity index (χ3v) is 9.55. The molecule has 1 saturated heterocycles. The zero-order chi connectivity index (χ0) is 33.9. The van der Waals surface area contributed by atoms with Crippen LogP contribution in [0.25, 0.3) is 6.08 Å². The first-order chi connectivity index (χ1) is 21.6. The number of aryl methyl sites for hydroxylation is 2. The van der Waals surface area contributed by atoms with E-state index in [1.54, 1.807) is 32.9 Å². The lowest BCUT2D eigenvalue weighted by Gasteiger charge is -2.34. The van der Waals surface area contributed by atoms with Crippen LogP contribution in [0, 0.1) is 19.8 Å². The fraction of sp³-hybridized carbons (Fsp3) is 0.500. The number of amidine groups is 1. The molecule has 1 aromatic carbocycles. The highest BCUT2D eigenvalue weighted by atomic mass is 32.2. The van der Waals surface area contributed by atoms with Gasteiger partial charge in [0.15, 0.2) is 0 Å². The van der Waals surface area contributed by atoms with E-state index in [-0.39, 0.29) is 69.7 Å². The van der Waals surface area contributed by atoms with Crippen molar-refractivity contribution in [2.45, 2.75) is 51.9 Å². The topological polar surface area (TPSA) is 161 Å². The van der Waals surface area contributed by atoms with E-state index in [9.17, 15) is 36.3 Å². The van der Waals surface area contributed by atoms with Crippen LogP contribution in [0.2, 0.25) is 0 Å². The summed E-state index contributed by atoms with van der Waals surface area (Å²) in [7, 11) is -3.90. The summed E-state index contributed by atoms with van der Waals surface area (Å²) in [4.78, 5) is 31.5. The second-order valence-electron chi connectivity index (χ2n) is 11.5. The number of anilines is 1. The summed E-state index contributed by atoms with van der Waals surface area (Å²) in [5.74, 6) is -0.921. The molecule has 1 aromatic rings. The molecule has 2 aliphatic heterocycles. The van der Waals surface area contributed by atoms with E-state index in [1.807, 2.05) is 0 Å². The van der Waals surface area contributed by atoms with E-state index in [2.05, 4.69) is 20.4 Å². The number of aliphatic hydroxyl groups excluding tert-OH is 2. The van der Waals surface area contributed by atoms with Gasteiger partial charge >= 0.3 is 12.4 Å². The Morgan fingerprint density at radius 2 is 1.87 bits per heavy atom. The number of sulfonamides is 1. The van der Waals surface area contributed by atoms with Gasteiger partial charge in [-0.25, -0.2) is 13.2 Å². The molecule has 12 nitrogen and oxygen atoms in total. The number of halogens is 3. The van der Waals surface area contributed by atoms with Crippen LogP contribution in [-0.2, 0) is 19.6 Å². The van der Waals surface area contributed by atoms with Gasteiger partial charge in [-0.15, -0.1) is 13.2 Å². The Morgan fingerprint density at radius 3 is 2.46 bits per heavy atom. The highest BCUT2D eigenvalue weighted by Crippen LogP contribution is 2.35. The number of amides is 3. The number of alkyl halides is 3. The van der Waals surface area contributed by atoms with E-state index in [1.165, 1.54) is 27.4 Å². The number of ether oxygens (including phenoxy) is 1. The lowest BCUT2D eigenvalue weighted by molar-refractivity contribution is -0.303. The highest BCUT2D eigenvalue weighted by molar-refractivity contribution is 7.92. The monoisotopic (exact) mass is 669 g/mol. The van der Waals surface area contributed by atoms with Gasteiger partial charge in [0.1, 0.15) is 17.1 Å². The molecule has 1 atom stereocenters. The van der Waals surface area contributed by atoms with Crippen LogP contribution in [0.1, 0.15) is 42.9 Å². The van der Waals surface area contributed by atoms with Gasteiger partial charge in [-0.2, -0.15) is 4.31 Å². The molecular formula is C30H38F3N5O7S. The molecule has 0 saturated carbocycles. The number of nitrogens with zero attached hydrogens (tertiary/aromatic N) is 3. The first-order valence-corrected chi connectivity index (χ1v) is 16.2. The zero-order valence-electron chi connectivity index (χ0n) is 25.7. The molecular weight excluding hydrogens is 631 g/mol. The van der Waals surface area contributed by atoms with E-state index in [0.717, 1.165) is 5.41 Å². The second kappa shape index (κ2) is 13.9. The van der Waals surface area contributed by atoms with E-state index >= 15 is 0 Å². The Balaban J connectivity index is 1.46. The molecule has 46 heavy (non-hydrogen) atoms. The summed E-state index contributed by atoms with van der Waals surface area (Å²) in [6, 6.07) is 2.90. The summed E-state index contributed by atoms with van der Waals surface area (Å²) in [6.45, 7) is 4.79. The van der Waals surface area contributed by atoms with Crippen LogP contribution in [0.15, 0.2) is 46.0 Å². The number of aliphatic imine (C=N–C) groups is 1. The minimum atomic E-state index is -4.86. The maximum atomic E-state index is 13.3. The van der Waals surface area contributed by atoms with Gasteiger partial charge < -0.3 is 25.6 Å². The number of nitrogens with one attached hydrogen (secondary N) is 2. The smallest absolute Gasteiger partial charge is 0.406 e. The van der Waals surface area contributed by atoms with Gasteiger partial charge in [-0.3, -0.25) is 14.7 Å². The van der Waals surface area contributed by atoms with Crippen molar-refractivity contribution in [3.8, 4) is 0 Å². The minimum absolute atomic E-state index is 0.00460.